The van der Waals surface area contributed by atoms with Crippen LogP contribution in [0, 0.1) is 6.92 Å². The van der Waals surface area contributed by atoms with Gasteiger partial charge in [0.1, 0.15) is 0 Å². The van der Waals surface area contributed by atoms with Gasteiger partial charge in [-0.1, -0.05) is 29.8 Å². The number of hydrogen-bond acceptors (Lipinski definition) is 3. The van der Waals surface area contributed by atoms with Crippen LogP contribution >= 0.6 is 11.6 Å². The van der Waals surface area contributed by atoms with E-state index in [4.69, 9.17) is 11.6 Å². The number of carbonyl (C=O) groups excluding carboxylic acids is 2. The molecule has 158 valence electrons. The number of benzene rings is 3. The van der Waals surface area contributed by atoms with Gasteiger partial charge in [-0.25, -0.2) is 0 Å². The van der Waals surface area contributed by atoms with Gasteiger partial charge in [-0.15, -0.1) is 0 Å². The summed E-state index contributed by atoms with van der Waals surface area (Å²) in [6.45, 7) is 2.36. The van der Waals surface area contributed by atoms with Crippen LogP contribution in [-0.2, 0) is 0 Å². The summed E-state index contributed by atoms with van der Waals surface area (Å²) in [5, 5.41) is 13.9. The highest BCUT2D eigenvalue weighted by atomic mass is 35.5. The van der Waals surface area contributed by atoms with Gasteiger partial charge in [0.25, 0.3) is 11.8 Å². The van der Waals surface area contributed by atoms with Gasteiger partial charge in [0.15, 0.2) is 0 Å². The summed E-state index contributed by atoms with van der Waals surface area (Å²) in [7, 11) is 0. The lowest BCUT2D eigenvalue weighted by atomic mass is 10.0. The van der Waals surface area contributed by atoms with E-state index in [0.717, 1.165) is 5.56 Å². The molecule has 0 radical (unpaired) electrons. The van der Waals surface area contributed by atoms with Gasteiger partial charge in [0, 0.05) is 39.6 Å². The molecule has 3 aromatic carbocycles. The van der Waals surface area contributed by atoms with E-state index in [2.05, 4.69) is 5.32 Å². The largest absolute Gasteiger partial charge is 0.388 e. The van der Waals surface area contributed by atoms with Gasteiger partial charge in [-0.05, 0) is 73.9 Å². The van der Waals surface area contributed by atoms with E-state index in [1.807, 2.05) is 25.1 Å². The second-order valence-corrected chi connectivity index (χ2v) is 8.10. The zero-order valence-electron chi connectivity index (χ0n) is 17.1. The van der Waals surface area contributed by atoms with Gasteiger partial charge >= 0.3 is 0 Å². The topological polar surface area (TPSA) is 69.6 Å². The lowest BCUT2D eigenvalue weighted by Crippen LogP contribution is -2.32. The van der Waals surface area contributed by atoms with Crippen molar-refractivity contribution in [2.75, 3.05) is 16.8 Å². The van der Waals surface area contributed by atoms with Crippen LogP contribution in [0.3, 0.4) is 0 Å². The molecule has 2 amide bonds. The Balaban J connectivity index is 1.59. The minimum absolute atomic E-state index is 0.142. The number of aryl methyl sites for hydroxylation is 1. The summed E-state index contributed by atoms with van der Waals surface area (Å²) in [5.41, 5.74) is 3.86. The van der Waals surface area contributed by atoms with Crippen molar-refractivity contribution in [1.82, 2.24) is 0 Å². The van der Waals surface area contributed by atoms with Crippen LogP contribution in [0.5, 0.6) is 0 Å². The van der Waals surface area contributed by atoms with E-state index in [1.165, 1.54) is 0 Å². The van der Waals surface area contributed by atoms with Crippen molar-refractivity contribution in [3.63, 3.8) is 0 Å². The van der Waals surface area contributed by atoms with Crippen molar-refractivity contribution in [2.24, 2.45) is 0 Å². The van der Waals surface area contributed by atoms with Crippen LogP contribution in [0.15, 0.2) is 66.7 Å². The average molecular weight is 435 g/mol. The first-order valence-corrected chi connectivity index (χ1v) is 10.6. The lowest BCUT2D eigenvalue weighted by Gasteiger charge is -2.24. The molecule has 2 N–H and O–H groups in total. The molecule has 0 fully saturated rings. The maximum absolute atomic E-state index is 13.4. The summed E-state index contributed by atoms with van der Waals surface area (Å²) in [4.78, 5) is 27.5. The molecule has 0 aliphatic carbocycles. The number of rotatable bonds is 3. The lowest BCUT2D eigenvalue weighted by molar-refractivity contribution is 0.0985. The fourth-order valence-electron chi connectivity index (χ4n) is 3.89. The number of aliphatic hydroxyl groups is 1. The molecular formula is C25H23ClN2O3. The van der Waals surface area contributed by atoms with E-state index < -0.39 is 6.10 Å². The van der Waals surface area contributed by atoms with Gasteiger partial charge in [-0.3, -0.25) is 9.59 Å². The number of aliphatic hydroxyl groups excluding tert-OH is 1. The van der Waals surface area contributed by atoms with E-state index in [0.29, 0.717) is 52.5 Å². The normalized spacial score (nSPS) is 15.7. The number of amides is 2. The van der Waals surface area contributed by atoms with Crippen LogP contribution in [0.4, 0.5) is 11.4 Å². The molecule has 6 heteroatoms. The summed E-state index contributed by atoms with van der Waals surface area (Å²) in [6.07, 6.45) is 0.604. The molecule has 1 aliphatic rings. The molecule has 0 saturated carbocycles. The molecule has 1 atom stereocenters. The summed E-state index contributed by atoms with van der Waals surface area (Å²) in [5.74, 6) is -0.345. The number of carbonyl (C=O) groups is 2. The van der Waals surface area contributed by atoms with Gasteiger partial charge in [-0.2, -0.15) is 0 Å². The molecule has 0 bridgehead atoms. The summed E-state index contributed by atoms with van der Waals surface area (Å²) >= 11 is 6.12. The van der Waals surface area contributed by atoms with Crippen molar-refractivity contribution in [3.8, 4) is 0 Å². The Morgan fingerprint density at radius 1 is 1.06 bits per heavy atom. The van der Waals surface area contributed by atoms with Gasteiger partial charge in [0.2, 0.25) is 0 Å². The Morgan fingerprint density at radius 3 is 2.58 bits per heavy atom. The molecule has 1 unspecified atom stereocenters. The molecule has 3 aromatic rings. The SMILES string of the molecule is Cc1cc(NC(=O)c2ccccc2)ccc1C(=O)N1CCCC(O)c2cc(Cl)ccc21. The highest BCUT2D eigenvalue weighted by Gasteiger charge is 2.27. The molecule has 0 spiro atoms. The monoisotopic (exact) mass is 434 g/mol. The minimum atomic E-state index is -0.650. The van der Waals surface area contributed by atoms with Gasteiger partial charge < -0.3 is 15.3 Å². The first-order valence-electron chi connectivity index (χ1n) is 10.2. The summed E-state index contributed by atoms with van der Waals surface area (Å²) in [6, 6.07) is 19.5. The standard InChI is InChI=1S/C25H23ClN2O3/c1-16-14-19(27-24(30)17-6-3-2-4-7-17)10-11-20(16)25(31)28-13-5-8-23(29)21-15-18(26)9-12-22(21)28/h2-4,6-7,9-12,14-15,23,29H,5,8,13H2,1H3,(H,27,30). The van der Waals surface area contributed by atoms with Crippen LogP contribution in [0.1, 0.15) is 50.8 Å². The number of nitrogens with one attached hydrogen (secondary N) is 1. The zero-order chi connectivity index (χ0) is 22.0. The Morgan fingerprint density at radius 2 is 1.84 bits per heavy atom. The van der Waals surface area contributed by atoms with E-state index in [9.17, 15) is 14.7 Å². The zero-order valence-corrected chi connectivity index (χ0v) is 17.9. The molecule has 4 rings (SSSR count). The number of hydrogen-bond donors (Lipinski definition) is 2. The minimum Gasteiger partial charge on any atom is -0.388 e. The number of fused-ring (bicyclic) bond motifs is 1. The molecule has 5 nitrogen and oxygen atoms in total. The molecule has 1 heterocycles. The highest BCUT2D eigenvalue weighted by Crippen LogP contribution is 2.36. The maximum atomic E-state index is 13.4. The first kappa shape index (κ1) is 21.1. The molecule has 1 aliphatic heterocycles. The second-order valence-electron chi connectivity index (χ2n) is 7.67. The average Bonchev–Trinajstić information content (AvgIpc) is 2.92. The highest BCUT2D eigenvalue weighted by molar-refractivity contribution is 6.30. The predicted octanol–water partition coefficient (Wildman–Crippen LogP) is 5.37. The van der Waals surface area contributed by atoms with Crippen molar-refractivity contribution in [1.29, 1.82) is 0 Å². The first-order chi connectivity index (χ1) is 14.9. The smallest absolute Gasteiger partial charge is 0.258 e. The van der Waals surface area contributed by atoms with Crippen molar-refractivity contribution < 1.29 is 14.7 Å². The Bertz CT molecular complexity index is 1130. The quantitative estimate of drug-likeness (QED) is 0.581. The molecular weight excluding hydrogens is 412 g/mol. The van der Waals surface area contributed by atoms with Crippen molar-refractivity contribution >= 4 is 34.8 Å². The van der Waals surface area contributed by atoms with E-state index in [-0.39, 0.29) is 11.8 Å². The number of anilines is 2. The predicted molar refractivity (Wildman–Crippen MR) is 123 cm³/mol. The Kier molecular flexibility index (Phi) is 6.07. The van der Waals surface area contributed by atoms with Crippen LogP contribution in [0.25, 0.3) is 0 Å². The van der Waals surface area contributed by atoms with Crippen molar-refractivity contribution in [2.45, 2.75) is 25.9 Å². The molecule has 31 heavy (non-hydrogen) atoms. The van der Waals surface area contributed by atoms with Gasteiger partial charge in [0.05, 0.1) is 6.10 Å². The van der Waals surface area contributed by atoms with Crippen LogP contribution < -0.4 is 10.2 Å². The second kappa shape index (κ2) is 8.92. The number of halogens is 1. The third kappa shape index (κ3) is 4.48. The van der Waals surface area contributed by atoms with E-state index >= 15 is 0 Å². The fourth-order valence-corrected chi connectivity index (χ4v) is 4.07. The van der Waals surface area contributed by atoms with Crippen LogP contribution in [-0.4, -0.2) is 23.5 Å². The Hall–Kier alpha value is -3.15. The van der Waals surface area contributed by atoms with Crippen molar-refractivity contribution in [3.05, 3.63) is 94.0 Å². The van der Waals surface area contributed by atoms with E-state index in [1.54, 1.807) is 53.4 Å². The maximum Gasteiger partial charge on any atom is 0.258 e. The number of nitrogens with zero attached hydrogens (tertiary/aromatic N) is 1. The third-order valence-corrected chi connectivity index (χ3v) is 5.73. The third-order valence-electron chi connectivity index (χ3n) is 5.49. The molecule has 0 saturated heterocycles. The fraction of sp³-hybridized carbons (Fsp3) is 0.200. The summed E-state index contributed by atoms with van der Waals surface area (Å²) < 4.78 is 0. The van der Waals surface area contributed by atoms with Crippen LogP contribution in [0.2, 0.25) is 5.02 Å². The molecule has 0 aromatic heterocycles. The Labute approximate surface area is 186 Å².